The van der Waals surface area contributed by atoms with E-state index in [0.29, 0.717) is 5.92 Å². The van der Waals surface area contributed by atoms with Gasteiger partial charge in [0.1, 0.15) is 0 Å². The molecular formula is C19H18BrN. The van der Waals surface area contributed by atoms with E-state index in [2.05, 4.69) is 71.2 Å². The van der Waals surface area contributed by atoms with Crippen molar-refractivity contribution in [3.05, 3.63) is 70.4 Å². The molecule has 3 rings (SSSR count). The highest BCUT2D eigenvalue weighted by Gasteiger charge is 2.15. The number of nitrogens with zero attached hydrogens (tertiary/aromatic N) is 1. The number of halogens is 1. The zero-order valence-corrected chi connectivity index (χ0v) is 13.9. The normalized spacial score (nSPS) is 18.1. The van der Waals surface area contributed by atoms with Crippen LogP contribution in [0.4, 0.5) is 0 Å². The van der Waals surface area contributed by atoms with Crippen molar-refractivity contribution in [1.29, 1.82) is 0 Å². The number of hydrogen-bond acceptors (Lipinski definition) is 1. The van der Waals surface area contributed by atoms with E-state index in [1.807, 2.05) is 18.3 Å². The van der Waals surface area contributed by atoms with Crippen LogP contribution in [-0.2, 0) is 0 Å². The highest BCUT2D eigenvalue weighted by molar-refractivity contribution is 9.12. The Morgan fingerprint density at radius 1 is 1.19 bits per heavy atom. The minimum atomic E-state index is 0.594. The highest BCUT2D eigenvalue weighted by atomic mass is 79.9. The van der Waals surface area contributed by atoms with Gasteiger partial charge in [0.25, 0.3) is 0 Å². The van der Waals surface area contributed by atoms with Crippen molar-refractivity contribution in [2.45, 2.75) is 20.3 Å². The van der Waals surface area contributed by atoms with Crippen LogP contribution in [-0.4, -0.2) is 4.98 Å². The van der Waals surface area contributed by atoms with Crippen molar-refractivity contribution in [2.75, 3.05) is 0 Å². The van der Waals surface area contributed by atoms with Gasteiger partial charge in [0, 0.05) is 16.2 Å². The molecule has 21 heavy (non-hydrogen) atoms. The van der Waals surface area contributed by atoms with Gasteiger partial charge in [0.2, 0.25) is 0 Å². The van der Waals surface area contributed by atoms with Crippen LogP contribution in [0.3, 0.4) is 0 Å². The molecule has 1 heterocycles. The number of allylic oxidation sites excluding steroid dienone is 4. The average molecular weight is 340 g/mol. The van der Waals surface area contributed by atoms with Crippen molar-refractivity contribution in [2.24, 2.45) is 5.92 Å². The van der Waals surface area contributed by atoms with Gasteiger partial charge >= 0.3 is 0 Å². The lowest BCUT2D eigenvalue weighted by atomic mass is 9.88. The molecule has 0 saturated carbocycles. The Bertz CT molecular complexity index is 714. The van der Waals surface area contributed by atoms with E-state index >= 15 is 0 Å². The van der Waals surface area contributed by atoms with E-state index in [-0.39, 0.29) is 0 Å². The number of benzene rings is 1. The summed E-state index contributed by atoms with van der Waals surface area (Å²) >= 11 is 3.70. The van der Waals surface area contributed by atoms with Crippen LogP contribution in [0, 0.1) is 12.8 Å². The maximum atomic E-state index is 4.43. The fourth-order valence-electron chi connectivity index (χ4n) is 2.77. The minimum Gasteiger partial charge on any atom is -0.256 e. The van der Waals surface area contributed by atoms with Crippen molar-refractivity contribution in [1.82, 2.24) is 4.98 Å². The zero-order valence-electron chi connectivity index (χ0n) is 12.3. The quantitative estimate of drug-likeness (QED) is 0.677. The summed E-state index contributed by atoms with van der Waals surface area (Å²) in [5.41, 5.74) is 6.23. The standard InChI is InChI=1S/C19H18BrN/c1-13-6-9-18(20)17(11-13)16-8-7-15(12-14(16)2)19-5-3-4-10-21-19/h3-10,12-13H,11H2,1-2H3/t13-/m0/s1. The number of aromatic nitrogens is 1. The van der Waals surface area contributed by atoms with Crippen LogP contribution in [0.2, 0.25) is 0 Å². The number of hydrogen-bond donors (Lipinski definition) is 0. The van der Waals surface area contributed by atoms with Gasteiger partial charge in [-0.25, -0.2) is 0 Å². The first kappa shape index (κ1) is 14.3. The van der Waals surface area contributed by atoms with Crippen molar-refractivity contribution in [3.63, 3.8) is 0 Å². The molecule has 1 aliphatic carbocycles. The third-order valence-electron chi connectivity index (χ3n) is 3.90. The second kappa shape index (κ2) is 5.98. The topological polar surface area (TPSA) is 12.9 Å². The Labute approximate surface area is 134 Å². The number of rotatable bonds is 2. The summed E-state index contributed by atoms with van der Waals surface area (Å²) < 4.78 is 1.20. The minimum absolute atomic E-state index is 0.594. The highest BCUT2D eigenvalue weighted by Crippen LogP contribution is 2.36. The molecule has 0 N–H and O–H groups in total. The first-order valence-corrected chi connectivity index (χ1v) is 8.03. The number of aryl methyl sites for hydroxylation is 1. The third kappa shape index (κ3) is 3.01. The first-order valence-electron chi connectivity index (χ1n) is 7.24. The van der Waals surface area contributed by atoms with Crippen LogP contribution in [0.15, 0.2) is 59.2 Å². The molecule has 0 unspecified atom stereocenters. The molecule has 2 heteroatoms. The maximum absolute atomic E-state index is 4.43. The van der Waals surface area contributed by atoms with Crippen LogP contribution in [0.1, 0.15) is 24.5 Å². The molecule has 0 saturated heterocycles. The van der Waals surface area contributed by atoms with E-state index in [4.69, 9.17) is 0 Å². The van der Waals surface area contributed by atoms with E-state index in [9.17, 15) is 0 Å². The molecule has 2 aromatic rings. The summed E-state index contributed by atoms with van der Waals surface area (Å²) in [6.45, 7) is 4.44. The van der Waals surface area contributed by atoms with Gasteiger partial charge in [-0.3, -0.25) is 4.98 Å². The lowest BCUT2D eigenvalue weighted by Gasteiger charge is -2.19. The fourth-order valence-corrected chi connectivity index (χ4v) is 3.30. The van der Waals surface area contributed by atoms with E-state index < -0.39 is 0 Å². The molecule has 0 fully saturated rings. The lowest BCUT2D eigenvalue weighted by molar-refractivity contribution is 0.747. The second-order valence-corrected chi connectivity index (χ2v) is 6.47. The van der Waals surface area contributed by atoms with Crippen LogP contribution in [0.5, 0.6) is 0 Å². The summed E-state index contributed by atoms with van der Waals surface area (Å²) in [6.07, 6.45) is 7.35. The summed E-state index contributed by atoms with van der Waals surface area (Å²) in [6, 6.07) is 12.6. The molecule has 0 spiro atoms. The number of pyridine rings is 1. The van der Waals surface area contributed by atoms with Crippen LogP contribution >= 0.6 is 15.9 Å². The first-order chi connectivity index (χ1) is 10.1. The van der Waals surface area contributed by atoms with Crippen molar-refractivity contribution in [3.8, 4) is 11.3 Å². The predicted molar refractivity (Wildman–Crippen MR) is 93.2 cm³/mol. The molecule has 106 valence electrons. The van der Waals surface area contributed by atoms with Gasteiger partial charge in [-0.15, -0.1) is 0 Å². The third-order valence-corrected chi connectivity index (χ3v) is 4.64. The average Bonchev–Trinajstić information content (AvgIpc) is 2.51. The van der Waals surface area contributed by atoms with E-state index in [1.165, 1.54) is 26.7 Å². The van der Waals surface area contributed by atoms with Gasteiger partial charge in [0.15, 0.2) is 0 Å². The fraction of sp³-hybridized carbons (Fsp3) is 0.211. The molecule has 1 atom stereocenters. The van der Waals surface area contributed by atoms with Crippen LogP contribution in [0.25, 0.3) is 16.8 Å². The molecule has 1 aliphatic rings. The van der Waals surface area contributed by atoms with Crippen molar-refractivity contribution >= 4 is 21.5 Å². The van der Waals surface area contributed by atoms with Crippen molar-refractivity contribution < 1.29 is 0 Å². The molecule has 1 aromatic heterocycles. The van der Waals surface area contributed by atoms with Crippen LogP contribution < -0.4 is 0 Å². The molecule has 0 bridgehead atoms. The van der Waals surface area contributed by atoms with Gasteiger partial charge in [-0.05, 0) is 54.2 Å². The molecule has 0 radical (unpaired) electrons. The lowest BCUT2D eigenvalue weighted by Crippen LogP contribution is -2.01. The van der Waals surface area contributed by atoms with Gasteiger partial charge in [0.05, 0.1) is 5.69 Å². The molecule has 0 aliphatic heterocycles. The molecule has 1 nitrogen and oxygen atoms in total. The smallest absolute Gasteiger partial charge is 0.0702 e. The van der Waals surface area contributed by atoms with E-state index in [0.717, 1.165) is 12.1 Å². The Morgan fingerprint density at radius 2 is 2.05 bits per heavy atom. The van der Waals surface area contributed by atoms with Gasteiger partial charge < -0.3 is 0 Å². The van der Waals surface area contributed by atoms with Gasteiger partial charge in [-0.2, -0.15) is 0 Å². The summed E-state index contributed by atoms with van der Waals surface area (Å²) in [4.78, 5) is 4.43. The Balaban J connectivity index is 2.01. The second-order valence-electron chi connectivity index (χ2n) is 5.61. The largest absolute Gasteiger partial charge is 0.256 e. The predicted octanol–water partition coefficient (Wildman–Crippen LogP) is 5.76. The Hall–Kier alpha value is -1.67. The molecule has 1 aromatic carbocycles. The Morgan fingerprint density at radius 3 is 2.76 bits per heavy atom. The Kier molecular flexibility index (Phi) is 4.07. The molecule has 0 amide bonds. The summed E-state index contributed by atoms with van der Waals surface area (Å²) in [7, 11) is 0. The van der Waals surface area contributed by atoms with E-state index in [1.54, 1.807) is 0 Å². The SMILES string of the molecule is Cc1cc(-c2ccccn2)ccc1C1=C(Br)C=C[C@H](C)C1. The maximum Gasteiger partial charge on any atom is 0.0702 e. The van der Waals surface area contributed by atoms with Gasteiger partial charge in [-0.1, -0.05) is 53.2 Å². The zero-order chi connectivity index (χ0) is 14.8. The summed E-state index contributed by atoms with van der Waals surface area (Å²) in [5.74, 6) is 0.594. The summed E-state index contributed by atoms with van der Waals surface area (Å²) in [5, 5.41) is 0. The monoisotopic (exact) mass is 339 g/mol. The molecular weight excluding hydrogens is 322 g/mol.